The number of halogens is 1. The molecule has 0 bridgehead atoms. The number of H-pyrrole nitrogens is 1. The van der Waals surface area contributed by atoms with Crippen molar-refractivity contribution in [2.45, 2.75) is 6.92 Å². The van der Waals surface area contributed by atoms with Gasteiger partial charge in [-0.3, -0.25) is 4.79 Å². The summed E-state index contributed by atoms with van der Waals surface area (Å²) in [4.78, 5) is 13.8. The van der Waals surface area contributed by atoms with Crippen molar-refractivity contribution in [2.75, 3.05) is 0 Å². The highest BCUT2D eigenvalue weighted by Gasteiger charge is 2.07. The molecule has 0 fully saturated rings. The lowest BCUT2D eigenvalue weighted by Crippen LogP contribution is -1.80. The molecule has 1 aromatic carbocycles. The lowest BCUT2D eigenvalue weighted by atomic mass is 10.1. The highest BCUT2D eigenvalue weighted by molar-refractivity contribution is 9.10. The summed E-state index contributed by atoms with van der Waals surface area (Å²) in [6.45, 7) is 2.00. The van der Waals surface area contributed by atoms with Gasteiger partial charge in [-0.05, 0) is 34.5 Å². The largest absolute Gasteiger partial charge is 0.360 e. The Labute approximate surface area is 84.1 Å². The molecule has 0 saturated carbocycles. The van der Waals surface area contributed by atoms with Gasteiger partial charge in [0.1, 0.15) is 0 Å². The third-order valence-electron chi connectivity index (χ3n) is 2.15. The fraction of sp³-hybridized carbons (Fsp3) is 0.100. The number of aromatic nitrogens is 1. The van der Waals surface area contributed by atoms with Gasteiger partial charge in [-0.1, -0.05) is 6.07 Å². The van der Waals surface area contributed by atoms with E-state index in [4.69, 9.17) is 0 Å². The maximum absolute atomic E-state index is 10.7. The molecule has 1 N–H and O–H groups in total. The fourth-order valence-electron chi connectivity index (χ4n) is 1.51. The van der Waals surface area contributed by atoms with Crippen molar-refractivity contribution in [3.05, 3.63) is 33.9 Å². The molecule has 13 heavy (non-hydrogen) atoms. The number of hydrogen-bond acceptors (Lipinski definition) is 1. The van der Waals surface area contributed by atoms with Gasteiger partial charge in [0.05, 0.1) is 5.52 Å². The summed E-state index contributed by atoms with van der Waals surface area (Å²) >= 11 is 3.43. The Bertz CT molecular complexity index is 473. The standard InChI is InChI=1S/C10H8BrNO/c1-6-2-3-8(11)10-9(6)7(5-13)4-12-10/h2-5,12H,1H3. The lowest BCUT2D eigenvalue weighted by molar-refractivity contribution is 0.112. The molecule has 0 radical (unpaired) electrons. The lowest BCUT2D eigenvalue weighted by Gasteiger charge is -1.98. The van der Waals surface area contributed by atoms with E-state index in [0.717, 1.165) is 27.2 Å². The van der Waals surface area contributed by atoms with Crippen LogP contribution in [-0.4, -0.2) is 11.3 Å². The van der Waals surface area contributed by atoms with Crippen LogP contribution in [0, 0.1) is 6.92 Å². The second-order valence-corrected chi connectivity index (χ2v) is 3.83. The second-order valence-electron chi connectivity index (χ2n) is 2.98. The fourth-order valence-corrected chi connectivity index (χ4v) is 1.95. The number of rotatable bonds is 1. The van der Waals surface area contributed by atoms with Gasteiger partial charge >= 0.3 is 0 Å². The molecular formula is C10H8BrNO. The van der Waals surface area contributed by atoms with Crippen molar-refractivity contribution in [1.82, 2.24) is 4.98 Å². The van der Waals surface area contributed by atoms with E-state index in [9.17, 15) is 4.79 Å². The number of nitrogens with one attached hydrogen (secondary N) is 1. The van der Waals surface area contributed by atoms with Crippen LogP contribution in [0.3, 0.4) is 0 Å². The average Bonchev–Trinajstić information content (AvgIpc) is 2.56. The van der Waals surface area contributed by atoms with Crippen LogP contribution in [0.15, 0.2) is 22.8 Å². The molecule has 0 unspecified atom stereocenters. The molecular weight excluding hydrogens is 230 g/mol. The van der Waals surface area contributed by atoms with Gasteiger partial charge in [0.2, 0.25) is 0 Å². The minimum atomic E-state index is 0.716. The molecule has 66 valence electrons. The zero-order valence-corrected chi connectivity index (χ0v) is 8.68. The Morgan fingerprint density at radius 2 is 2.23 bits per heavy atom. The van der Waals surface area contributed by atoms with Gasteiger partial charge in [-0.15, -0.1) is 0 Å². The molecule has 0 spiro atoms. The van der Waals surface area contributed by atoms with Crippen molar-refractivity contribution in [3.63, 3.8) is 0 Å². The molecule has 0 aliphatic heterocycles. The summed E-state index contributed by atoms with van der Waals surface area (Å²) in [5, 5.41) is 1.00. The van der Waals surface area contributed by atoms with E-state index in [1.54, 1.807) is 6.20 Å². The molecule has 0 saturated heterocycles. The van der Waals surface area contributed by atoms with Gasteiger partial charge in [-0.25, -0.2) is 0 Å². The van der Waals surface area contributed by atoms with Crippen LogP contribution in [-0.2, 0) is 0 Å². The third-order valence-corrected chi connectivity index (χ3v) is 2.81. The molecule has 1 heterocycles. The average molecular weight is 238 g/mol. The van der Waals surface area contributed by atoms with Crippen LogP contribution in [0.5, 0.6) is 0 Å². The van der Waals surface area contributed by atoms with E-state index in [1.165, 1.54) is 0 Å². The van der Waals surface area contributed by atoms with Crippen LogP contribution >= 0.6 is 15.9 Å². The summed E-state index contributed by atoms with van der Waals surface area (Å²) in [6.07, 6.45) is 2.60. The van der Waals surface area contributed by atoms with E-state index in [1.807, 2.05) is 19.1 Å². The van der Waals surface area contributed by atoms with E-state index < -0.39 is 0 Å². The summed E-state index contributed by atoms with van der Waals surface area (Å²) in [5.41, 5.74) is 2.82. The van der Waals surface area contributed by atoms with Crippen molar-refractivity contribution in [1.29, 1.82) is 0 Å². The highest BCUT2D eigenvalue weighted by atomic mass is 79.9. The van der Waals surface area contributed by atoms with Crippen LogP contribution < -0.4 is 0 Å². The second kappa shape index (κ2) is 3.00. The van der Waals surface area contributed by atoms with Crippen molar-refractivity contribution in [3.8, 4) is 0 Å². The van der Waals surface area contributed by atoms with Crippen molar-refractivity contribution in [2.24, 2.45) is 0 Å². The minimum absolute atomic E-state index is 0.716. The number of hydrogen-bond donors (Lipinski definition) is 1. The van der Waals surface area contributed by atoms with Crippen molar-refractivity contribution < 1.29 is 4.79 Å². The first kappa shape index (κ1) is 8.51. The first-order valence-corrected chi connectivity index (χ1v) is 4.74. The number of fused-ring (bicyclic) bond motifs is 1. The predicted molar refractivity (Wildman–Crippen MR) is 56.1 cm³/mol. The Morgan fingerprint density at radius 1 is 1.46 bits per heavy atom. The topological polar surface area (TPSA) is 32.9 Å². The number of carbonyl (C=O) groups excluding carboxylic acids is 1. The number of aryl methyl sites for hydroxylation is 1. The van der Waals surface area contributed by atoms with Crippen LogP contribution in [0.1, 0.15) is 15.9 Å². The van der Waals surface area contributed by atoms with Gasteiger partial charge in [0.15, 0.2) is 6.29 Å². The molecule has 2 nitrogen and oxygen atoms in total. The predicted octanol–water partition coefficient (Wildman–Crippen LogP) is 3.05. The van der Waals surface area contributed by atoms with E-state index >= 15 is 0 Å². The molecule has 0 aliphatic carbocycles. The maximum Gasteiger partial charge on any atom is 0.152 e. The number of aldehydes is 1. The zero-order chi connectivity index (χ0) is 9.42. The smallest absolute Gasteiger partial charge is 0.152 e. The zero-order valence-electron chi connectivity index (χ0n) is 7.10. The van der Waals surface area contributed by atoms with Gasteiger partial charge < -0.3 is 4.98 Å². The summed E-state index contributed by atoms with van der Waals surface area (Å²) in [6, 6.07) is 3.97. The first-order chi connectivity index (χ1) is 6.24. The summed E-state index contributed by atoms with van der Waals surface area (Å²) < 4.78 is 0.987. The normalized spacial score (nSPS) is 10.6. The number of carbonyl (C=O) groups is 1. The van der Waals surface area contributed by atoms with Crippen LogP contribution in [0.2, 0.25) is 0 Å². The maximum atomic E-state index is 10.7. The minimum Gasteiger partial charge on any atom is -0.360 e. The number of benzene rings is 1. The van der Waals surface area contributed by atoms with Gasteiger partial charge in [0.25, 0.3) is 0 Å². The molecule has 2 rings (SSSR count). The first-order valence-electron chi connectivity index (χ1n) is 3.95. The Balaban J connectivity index is 2.95. The van der Waals surface area contributed by atoms with E-state index in [-0.39, 0.29) is 0 Å². The molecule has 0 aliphatic rings. The highest BCUT2D eigenvalue weighted by Crippen LogP contribution is 2.27. The van der Waals surface area contributed by atoms with Crippen molar-refractivity contribution >= 4 is 33.1 Å². The van der Waals surface area contributed by atoms with E-state index in [0.29, 0.717) is 5.56 Å². The Morgan fingerprint density at radius 3 is 2.92 bits per heavy atom. The monoisotopic (exact) mass is 237 g/mol. The van der Waals surface area contributed by atoms with Crippen LogP contribution in [0.25, 0.3) is 10.9 Å². The molecule has 2 aromatic rings. The summed E-state index contributed by atoms with van der Waals surface area (Å²) in [5.74, 6) is 0. The Hall–Kier alpha value is -1.09. The molecule has 0 amide bonds. The van der Waals surface area contributed by atoms with Gasteiger partial charge in [-0.2, -0.15) is 0 Å². The van der Waals surface area contributed by atoms with E-state index in [2.05, 4.69) is 20.9 Å². The SMILES string of the molecule is Cc1ccc(Br)c2[nH]cc(C=O)c12. The quantitative estimate of drug-likeness (QED) is 0.761. The van der Waals surface area contributed by atoms with Crippen LogP contribution in [0.4, 0.5) is 0 Å². The molecule has 1 aromatic heterocycles. The number of aromatic amines is 1. The van der Waals surface area contributed by atoms with Gasteiger partial charge in [0, 0.05) is 21.6 Å². The Kier molecular flexibility index (Phi) is 1.96. The molecule has 3 heteroatoms. The molecule has 0 atom stereocenters. The summed E-state index contributed by atoms with van der Waals surface area (Å²) in [7, 11) is 0. The third kappa shape index (κ3) is 1.20.